The molecule has 3 N–H and O–H groups in total. The fourth-order valence-electron chi connectivity index (χ4n) is 1.27. The van der Waals surface area contributed by atoms with Gasteiger partial charge >= 0.3 is 5.97 Å². The summed E-state index contributed by atoms with van der Waals surface area (Å²) in [5.74, 6) is -0.953. The lowest BCUT2D eigenvalue weighted by Crippen LogP contribution is -2.38. The normalized spacial score (nSPS) is 11.7. The van der Waals surface area contributed by atoms with Crippen molar-refractivity contribution in [2.75, 3.05) is 13.6 Å². The van der Waals surface area contributed by atoms with Gasteiger partial charge in [0.05, 0.1) is 6.42 Å². The molecule has 0 fully saturated rings. The van der Waals surface area contributed by atoms with Gasteiger partial charge in [-0.25, -0.2) is 0 Å². The van der Waals surface area contributed by atoms with Crippen molar-refractivity contribution in [2.24, 2.45) is 0 Å². The molecular weight excluding hydrogens is 272 g/mol. The first-order valence-corrected chi connectivity index (χ1v) is 6.96. The monoisotopic (exact) mass is 288 g/mol. The van der Waals surface area contributed by atoms with Crippen LogP contribution in [-0.2, 0) is 21.5 Å². The van der Waals surface area contributed by atoms with Gasteiger partial charge in [-0.1, -0.05) is 12.1 Å². The molecule has 0 heterocycles. The van der Waals surface area contributed by atoms with E-state index in [1.165, 1.54) is 19.2 Å². The van der Waals surface area contributed by atoms with E-state index < -0.39 is 16.2 Å². The highest BCUT2D eigenvalue weighted by atomic mass is 32.2. The van der Waals surface area contributed by atoms with E-state index in [9.17, 15) is 13.2 Å². The molecule has 1 aromatic carbocycles. The largest absolute Gasteiger partial charge is 0.508 e. The third kappa shape index (κ3) is 5.25. The third-order valence-corrected chi connectivity index (χ3v) is 3.96. The molecule has 0 atom stereocenters. The van der Waals surface area contributed by atoms with E-state index in [1.54, 1.807) is 12.1 Å². The van der Waals surface area contributed by atoms with E-state index in [0.717, 1.165) is 4.31 Å². The van der Waals surface area contributed by atoms with Gasteiger partial charge in [0.25, 0.3) is 10.2 Å². The summed E-state index contributed by atoms with van der Waals surface area (Å²) in [4.78, 5) is 10.4. The maximum Gasteiger partial charge on any atom is 0.304 e. The Bertz CT molecular complexity index is 527. The number of carboxylic acid groups (broad SMARTS) is 1. The van der Waals surface area contributed by atoms with Gasteiger partial charge < -0.3 is 10.2 Å². The summed E-state index contributed by atoms with van der Waals surface area (Å²) in [6.45, 7) is -0.0275. The van der Waals surface area contributed by atoms with Gasteiger partial charge in [-0.05, 0) is 17.7 Å². The molecule has 1 rings (SSSR count). The van der Waals surface area contributed by atoms with Crippen molar-refractivity contribution in [3.8, 4) is 5.75 Å². The van der Waals surface area contributed by atoms with Crippen LogP contribution in [0, 0.1) is 0 Å². The Balaban J connectivity index is 2.54. The van der Waals surface area contributed by atoms with Crippen LogP contribution in [-0.4, -0.2) is 42.5 Å². The summed E-state index contributed by atoms with van der Waals surface area (Å²) < 4.78 is 26.8. The topological polar surface area (TPSA) is 107 Å². The zero-order valence-corrected chi connectivity index (χ0v) is 11.2. The number of aromatic hydroxyl groups is 1. The van der Waals surface area contributed by atoms with Crippen LogP contribution in [0.25, 0.3) is 0 Å². The van der Waals surface area contributed by atoms with Crippen molar-refractivity contribution in [3.05, 3.63) is 29.8 Å². The number of hydrogen-bond donors (Lipinski definition) is 3. The van der Waals surface area contributed by atoms with Gasteiger partial charge in [0, 0.05) is 20.1 Å². The molecule has 19 heavy (non-hydrogen) atoms. The van der Waals surface area contributed by atoms with Crippen LogP contribution in [0.1, 0.15) is 12.0 Å². The molecule has 0 radical (unpaired) electrons. The van der Waals surface area contributed by atoms with Crippen molar-refractivity contribution >= 4 is 16.2 Å². The first kappa shape index (κ1) is 15.4. The van der Waals surface area contributed by atoms with Crippen LogP contribution >= 0.6 is 0 Å². The molecule has 0 saturated carbocycles. The first-order chi connectivity index (χ1) is 8.81. The summed E-state index contributed by atoms with van der Waals surface area (Å²) in [6, 6.07) is 6.10. The van der Waals surface area contributed by atoms with Crippen molar-refractivity contribution < 1.29 is 23.4 Å². The van der Waals surface area contributed by atoms with Crippen molar-refractivity contribution in [1.82, 2.24) is 9.03 Å². The fraction of sp³-hybridized carbons (Fsp3) is 0.364. The standard InChI is InChI=1S/C11H16N2O5S/c1-13(7-6-11(15)16)19(17,18)12-8-9-2-4-10(14)5-3-9/h2-5,12,14H,6-8H2,1H3,(H,15,16). The highest BCUT2D eigenvalue weighted by Crippen LogP contribution is 2.09. The van der Waals surface area contributed by atoms with Crippen LogP contribution < -0.4 is 4.72 Å². The number of carbonyl (C=O) groups is 1. The number of aliphatic carboxylic acids is 1. The minimum Gasteiger partial charge on any atom is -0.508 e. The Morgan fingerprint density at radius 3 is 2.42 bits per heavy atom. The van der Waals surface area contributed by atoms with Gasteiger partial charge in [-0.2, -0.15) is 17.4 Å². The fourth-order valence-corrected chi connectivity index (χ4v) is 2.17. The van der Waals surface area contributed by atoms with E-state index in [4.69, 9.17) is 10.2 Å². The number of nitrogens with zero attached hydrogens (tertiary/aromatic N) is 1. The molecule has 106 valence electrons. The number of rotatable bonds is 7. The molecule has 0 amide bonds. The summed E-state index contributed by atoms with van der Waals surface area (Å²) in [7, 11) is -2.40. The molecule has 0 aromatic heterocycles. The molecule has 0 spiro atoms. The summed E-state index contributed by atoms with van der Waals surface area (Å²) in [6.07, 6.45) is -0.253. The number of hydrogen-bond acceptors (Lipinski definition) is 4. The molecule has 0 saturated heterocycles. The summed E-state index contributed by atoms with van der Waals surface area (Å²) >= 11 is 0. The smallest absolute Gasteiger partial charge is 0.304 e. The Kier molecular flexibility index (Phi) is 5.28. The van der Waals surface area contributed by atoms with Gasteiger partial charge in [0.1, 0.15) is 5.75 Å². The number of benzene rings is 1. The van der Waals surface area contributed by atoms with E-state index in [2.05, 4.69) is 4.72 Å². The number of phenolic OH excluding ortho intramolecular Hbond substituents is 1. The van der Waals surface area contributed by atoms with Crippen LogP contribution in [0.2, 0.25) is 0 Å². The maximum absolute atomic E-state index is 11.8. The van der Waals surface area contributed by atoms with E-state index in [0.29, 0.717) is 5.56 Å². The minimum atomic E-state index is -3.71. The van der Waals surface area contributed by atoms with Crippen molar-refractivity contribution in [2.45, 2.75) is 13.0 Å². The van der Waals surface area contributed by atoms with Crippen LogP contribution in [0.5, 0.6) is 5.75 Å². The molecular formula is C11H16N2O5S. The Morgan fingerprint density at radius 1 is 1.32 bits per heavy atom. The second-order valence-corrected chi connectivity index (χ2v) is 5.82. The third-order valence-electron chi connectivity index (χ3n) is 2.45. The lowest BCUT2D eigenvalue weighted by atomic mass is 10.2. The van der Waals surface area contributed by atoms with Crippen molar-refractivity contribution in [3.63, 3.8) is 0 Å². The number of phenols is 1. The maximum atomic E-state index is 11.8. The second kappa shape index (κ2) is 6.50. The summed E-state index contributed by atoms with van der Waals surface area (Å²) in [5, 5.41) is 17.6. The van der Waals surface area contributed by atoms with E-state index >= 15 is 0 Å². The predicted octanol–water partition coefficient (Wildman–Crippen LogP) is 0.133. The molecule has 0 unspecified atom stereocenters. The highest BCUT2D eigenvalue weighted by Gasteiger charge is 2.17. The van der Waals surface area contributed by atoms with E-state index in [1.807, 2.05) is 0 Å². The number of nitrogens with one attached hydrogen (secondary N) is 1. The Morgan fingerprint density at radius 2 is 1.89 bits per heavy atom. The Labute approximate surface area is 111 Å². The first-order valence-electron chi connectivity index (χ1n) is 5.52. The van der Waals surface area contributed by atoms with Gasteiger partial charge in [-0.15, -0.1) is 0 Å². The summed E-state index contributed by atoms with van der Waals surface area (Å²) in [5.41, 5.74) is 0.688. The van der Waals surface area contributed by atoms with Crippen molar-refractivity contribution in [1.29, 1.82) is 0 Å². The lowest BCUT2D eigenvalue weighted by molar-refractivity contribution is -0.137. The predicted molar refractivity (Wildman–Crippen MR) is 68.7 cm³/mol. The average Bonchev–Trinajstić information content (AvgIpc) is 2.35. The second-order valence-electron chi connectivity index (χ2n) is 3.96. The quantitative estimate of drug-likeness (QED) is 0.661. The lowest BCUT2D eigenvalue weighted by Gasteiger charge is -2.16. The molecule has 8 heteroatoms. The van der Waals surface area contributed by atoms with Gasteiger partial charge in [0.15, 0.2) is 0 Å². The van der Waals surface area contributed by atoms with Gasteiger partial charge in [0.2, 0.25) is 0 Å². The zero-order chi connectivity index (χ0) is 14.5. The Hall–Kier alpha value is -1.64. The SMILES string of the molecule is CN(CCC(=O)O)S(=O)(=O)NCc1ccc(O)cc1. The molecule has 0 aliphatic carbocycles. The molecule has 0 aliphatic rings. The van der Waals surface area contributed by atoms with Gasteiger partial charge in [-0.3, -0.25) is 4.79 Å². The molecule has 7 nitrogen and oxygen atoms in total. The minimum absolute atomic E-state index is 0.0695. The molecule has 0 bridgehead atoms. The van der Waals surface area contributed by atoms with Crippen LogP contribution in [0.15, 0.2) is 24.3 Å². The van der Waals surface area contributed by atoms with E-state index in [-0.39, 0.29) is 25.3 Å². The zero-order valence-electron chi connectivity index (χ0n) is 10.4. The number of carboxylic acids is 1. The van der Waals surface area contributed by atoms with Crippen LogP contribution in [0.4, 0.5) is 0 Å². The highest BCUT2D eigenvalue weighted by molar-refractivity contribution is 7.87. The molecule has 1 aromatic rings. The van der Waals surface area contributed by atoms with Crippen LogP contribution in [0.3, 0.4) is 0 Å². The average molecular weight is 288 g/mol. The molecule has 0 aliphatic heterocycles.